The van der Waals surface area contributed by atoms with E-state index in [1.165, 1.54) is 0 Å². The molecule has 2 aromatic rings. The van der Waals surface area contributed by atoms with Crippen LogP contribution < -0.4 is 10.9 Å². The van der Waals surface area contributed by atoms with Crippen molar-refractivity contribution in [3.05, 3.63) is 46.5 Å². The summed E-state index contributed by atoms with van der Waals surface area (Å²) < 4.78 is 1.90. The number of piperidine rings is 1. The number of anilines is 1. The molecule has 130 valence electrons. The first kappa shape index (κ1) is 15.9. The van der Waals surface area contributed by atoms with E-state index in [-0.39, 0.29) is 17.4 Å². The van der Waals surface area contributed by atoms with Crippen molar-refractivity contribution in [2.24, 2.45) is 5.92 Å². The van der Waals surface area contributed by atoms with E-state index < -0.39 is 0 Å². The number of hydrogen-bond donors (Lipinski definition) is 1. The van der Waals surface area contributed by atoms with Gasteiger partial charge < -0.3 is 14.8 Å². The smallest absolute Gasteiger partial charge is 0.251 e. The van der Waals surface area contributed by atoms with Gasteiger partial charge in [-0.2, -0.15) is 0 Å². The van der Waals surface area contributed by atoms with Crippen LogP contribution in [0.15, 0.2) is 35.3 Å². The van der Waals surface area contributed by atoms with Gasteiger partial charge >= 0.3 is 0 Å². The lowest BCUT2D eigenvalue weighted by atomic mass is 9.82. The Labute approximate surface area is 146 Å². The van der Waals surface area contributed by atoms with E-state index in [4.69, 9.17) is 0 Å². The van der Waals surface area contributed by atoms with Gasteiger partial charge in [-0.15, -0.1) is 0 Å². The molecule has 1 fully saturated rings. The summed E-state index contributed by atoms with van der Waals surface area (Å²) >= 11 is 0. The van der Waals surface area contributed by atoms with Gasteiger partial charge in [0.2, 0.25) is 5.91 Å². The molecule has 2 aliphatic rings. The van der Waals surface area contributed by atoms with Crippen LogP contribution in [-0.4, -0.2) is 40.5 Å². The van der Waals surface area contributed by atoms with Crippen LogP contribution in [0.2, 0.25) is 0 Å². The fraction of sp³-hybridized carbons (Fsp3) is 0.421. The first-order chi connectivity index (χ1) is 12.0. The van der Waals surface area contributed by atoms with Crippen molar-refractivity contribution >= 4 is 11.7 Å². The molecule has 0 aliphatic carbocycles. The van der Waals surface area contributed by atoms with E-state index in [9.17, 15) is 9.59 Å². The molecule has 1 amide bonds. The zero-order valence-electron chi connectivity index (χ0n) is 14.5. The molecule has 1 N–H and O–H groups in total. The molecule has 0 spiro atoms. The van der Waals surface area contributed by atoms with Gasteiger partial charge in [-0.1, -0.05) is 0 Å². The molecule has 1 saturated heterocycles. The first-order valence-corrected chi connectivity index (χ1v) is 8.69. The summed E-state index contributed by atoms with van der Waals surface area (Å²) in [6.07, 6.45) is 2.83. The SMILES string of the molecule is CNc1ccc(-c2cc3n(c(=O)c2)C[C@H]2C[C@@H]3CN(C(C)=O)C2)cn1. The molecule has 4 heterocycles. The molecule has 2 atom stereocenters. The van der Waals surface area contributed by atoms with Crippen molar-refractivity contribution in [3.8, 4) is 11.1 Å². The van der Waals surface area contributed by atoms with E-state index in [1.807, 2.05) is 28.6 Å². The number of aromatic nitrogens is 2. The molecule has 2 bridgehead atoms. The lowest BCUT2D eigenvalue weighted by molar-refractivity contribution is -0.131. The fourth-order valence-corrected chi connectivity index (χ4v) is 4.10. The minimum absolute atomic E-state index is 0.0381. The van der Waals surface area contributed by atoms with Gasteiger partial charge in [-0.05, 0) is 36.1 Å². The third-order valence-electron chi connectivity index (χ3n) is 5.35. The Morgan fingerprint density at radius 1 is 1.20 bits per heavy atom. The van der Waals surface area contributed by atoms with E-state index in [1.54, 1.807) is 19.2 Å². The summed E-state index contributed by atoms with van der Waals surface area (Å²) in [5.74, 6) is 1.52. The minimum atomic E-state index is 0.0381. The second-order valence-electron chi connectivity index (χ2n) is 7.02. The van der Waals surface area contributed by atoms with Gasteiger partial charge in [-0.25, -0.2) is 4.98 Å². The fourth-order valence-electron chi connectivity index (χ4n) is 4.10. The van der Waals surface area contributed by atoms with Crippen LogP contribution in [0.1, 0.15) is 25.0 Å². The molecule has 25 heavy (non-hydrogen) atoms. The van der Waals surface area contributed by atoms with Crippen LogP contribution in [0.25, 0.3) is 11.1 Å². The Morgan fingerprint density at radius 3 is 2.72 bits per heavy atom. The van der Waals surface area contributed by atoms with Crippen molar-refractivity contribution < 1.29 is 4.79 Å². The van der Waals surface area contributed by atoms with Crippen molar-refractivity contribution in [2.45, 2.75) is 25.8 Å². The summed E-state index contributed by atoms with van der Waals surface area (Å²) in [5, 5.41) is 3.00. The van der Waals surface area contributed by atoms with Crippen LogP contribution in [-0.2, 0) is 11.3 Å². The Morgan fingerprint density at radius 2 is 2.04 bits per heavy atom. The normalized spacial score (nSPS) is 21.6. The third kappa shape index (κ3) is 2.81. The second-order valence-corrected chi connectivity index (χ2v) is 7.02. The number of carbonyl (C=O) groups is 1. The highest BCUT2D eigenvalue weighted by molar-refractivity contribution is 5.73. The minimum Gasteiger partial charge on any atom is -0.373 e. The summed E-state index contributed by atoms with van der Waals surface area (Å²) in [6.45, 7) is 3.78. The summed E-state index contributed by atoms with van der Waals surface area (Å²) in [6, 6.07) is 7.67. The number of nitrogens with one attached hydrogen (secondary N) is 1. The number of amides is 1. The van der Waals surface area contributed by atoms with Gasteiger partial charge in [-0.3, -0.25) is 9.59 Å². The quantitative estimate of drug-likeness (QED) is 0.908. The zero-order valence-corrected chi connectivity index (χ0v) is 14.5. The summed E-state index contributed by atoms with van der Waals surface area (Å²) in [4.78, 5) is 30.7. The Bertz CT molecular complexity index is 872. The van der Waals surface area contributed by atoms with Crippen molar-refractivity contribution in [1.82, 2.24) is 14.5 Å². The van der Waals surface area contributed by atoms with E-state index in [0.717, 1.165) is 35.6 Å². The second kappa shape index (κ2) is 6.02. The van der Waals surface area contributed by atoms with Crippen LogP contribution in [0.4, 0.5) is 5.82 Å². The van der Waals surface area contributed by atoms with Gasteiger partial charge in [0, 0.05) is 63.0 Å². The topological polar surface area (TPSA) is 67.2 Å². The van der Waals surface area contributed by atoms with Crippen molar-refractivity contribution in [1.29, 1.82) is 0 Å². The van der Waals surface area contributed by atoms with Crippen molar-refractivity contribution in [2.75, 3.05) is 25.5 Å². The number of nitrogens with zero attached hydrogens (tertiary/aromatic N) is 3. The highest BCUT2D eigenvalue weighted by Crippen LogP contribution is 2.36. The molecule has 6 heteroatoms. The number of likely N-dealkylation sites (tertiary alicyclic amines) is 1. The number of carbonyl (C=O) groups excluding carboxylic acids is 1. The highest BCUT2D eigenvalue weighted by Gasteiger charge is 2.35. The summed E-state index contributed by atoms with van der Waals surface area (Å²) in [5.41, 5.74) is 2.91. The highest BCUT2D eigenvalue weighted by atomic mass is 16.2. The number of hydrogen-bond acceptors (Lipinski definition) is 4. The molecule has 4 rings (SSSR count). The molecule has 6 nitrogen and oxygen atoms in total. The van der Waals surface area contributed by atoms with Crippen LogP contribution >= 0.6 is 0 Å². The maximum atomic E-state index is 12.7. The van der Waals surface area contributed by atoms with E-state index in [2.05, 4.69) is 16.4 Å². The molecule has 0 radical (unpaired) electrons. The molecular weight excluding hydrogens is 316 g/mol. The number of fused-ring (bicyclic) bond motifs is 4. The lowest BCUT2D eigenvalue weighted by Crippen LogP contribution is -2.48. The molecule has 2 aliphatic heterocycles. The van der Waals surface area contributed by atoms with E-state index in [0.29, 0.717) is 19.0 Å². The van der Waals surface area contributed by atoms with Crippen LogP contribution in [0, 0.1) is 5.92 Å². The van der Waals surface area contributed by atoms with Crippen molar-refractivity contribution in [3.63, 3.8) is 0 Å². The molecule has 0 aromatic carbocycles. The summed E-state index contributed by atoms with van der Waals surface area (Å²) in [7, 11) is 1.83. The zero-order chi connectivity index (χ0) is 17.6. The average molecular weight is 338 g/mol. The Kier molecular flexibility index (Phi) is 3.82. The molecule has 2 aromatic heterocycles. The number of pyridine rings is 2. The van der Waals surface area contributed by atoms with Gasteiger partial charge in [0.05, 0.1) is 0 Å². The molecule has 0 unspecified atom stereocenters. The first-order valence-electron chi connectivity index (χ1n) is 8.69. The monoisotopic (exact) mass is 338 g/mol. The lowest BCUT2D eigenvalue weighted by Gasteiger charge is -2.42. The predicted octanol–water partition coefficient (Wildman–Crippen LogP) is 1.92. The number of rotatable bonds is 2. The molecular formula is C19H22N4O2. The van der Waals surface area contributed by atoms with Crippen LogP contribution in [0.5, 0.6) is 0 Å². The standard InChI is InChI=1S/C19H22N4O2/c1-12(24)22-9-13-5-16(11-22)17-6-15(7-19(25)23(17)10-13)14-3-4-18(20-2)21-8-14/h3-4,6-8,13,16H,5,9-11H2,1-2H3,(H,20,21)/t13-,16+/m0/s1. The van der Waals surface area contributed by atoms with Gasteiger partial charge in [0.15, 0.2) is 0 Å². The Balaban J connectivity index is 1.74. The maximum Gasteiger partial charge on any atom is 0.251 e. The largest absolute Gasteiger partial charge is 0.373 e. The Hall–Kier alpha value is -2.63. The third-order valence-corrected chi connectivity index (χ3v) is 5.35. The molecule has 0 saturated carbocycles. The van der Waals surface area contributed by atoms with E-state index >= 15 is 0 Å². The van der Waals surface area contributed by atoms with Gasteiger partial charge in [0.1, 0.15) is 5.82 Å². The maximum absolute atomic E-state index is 12.7. The van der Waals surface area contributed by atoms with Gasteiger partial charge in [0.25, 0.3) is 5.56 Å². The van der Waals surface area contributed by atoms with Crippen LogP contribution in [0.3, 0.4) is 0 Å². The average Bonchev–Trinajstić information content (AvgIpc) is 2.62. The predicted molar refractivity (Wildman–Crippen MR) is 96.6 cm³/mol.